The van der Waals surface area contributed by atoms with Crippen LogP contribution in [0.1, 0.15) is 30.7 Å². The Morgan fingerprint density at radius 3 is 3.00 bits per heavy atom. The second kappa shape index (κ2) is 3.76. The summed E-state index contributed by atoms with van der Waals surface area (Å²) >= 11 is 0. The fraction of sp³-hybridized carbons (Fsp3) is 0.500. The molecule has 0 aromatic carbocycles. The molecule has 1 aromatic rings. The lowest BCUT2D eigenvalue weighted by Gasteiger charge is -2.33. The molecule has 84 valence electrons. The zero-order valence-electron chi connectivity index (χ0n) is 9.70. The fourth-order valence-electron chi connectivity index (χ4n) is 1.73. The maximum absolute atomic E-state index is 8.73. The van der Waals surface area contributed by atoms with Crippen molar-refractivity contribution in [3.63, 3.8) is 0 Å². The highest BCUT2D eigenvalue weighted by molar-refractivity contribution is 5.43. The SMILES string of the molecule is Cc1ncc(CC#N)c2c1OC(C)(C)OC2. The van der Waals surface area contributed by atoms with Gasteiger partial charge in [-0.15, -0.1) is 0 Å². The van der Waals surface area contributed by atoms with Crippen LogP contribution in [-0.4, -0.2) is 10.8 Å². The molecule has 0 atom stereocenters. The summed E-state index contributed by atoms with van der Waals surface area (Å²) < 4.78 is 11.3. The van der Waals surface area contributed by atoms with Gasteiger partial charge in [0.25, 0.3) is 0 Å². The van der Waals surface area contributed by atoms with E-state index < -0.39 is 5.79 Å². The third kappa shape index (κ3) is 1.86. The van der Waals surface area contributed by atoms with Crippen molar-refractivity contribution in [3.05, 3.63) is 23.0 Å². The number of pyridine rings is 1. The van der Waals surface area contributed by atoms with Crippen LogP contribution in [0, 0.1) is 18.3 Å². The van der Waals surface area contributed by atoms with Crippen molar-refractivity contribution in [2.45, 2.75) is 39.6 Å². The van der Waals surface area contributed by atoms with Crippen molar-refractivity contribution >= 4 is 0 Å². The first kappa shape index (κ1) is 10.9. The summed E-state index contributed by atoms with van der Waals surface area (Å²) in [6.07, 6.45) is 2.06. The van der Waals surface area contributed by atoms with E-state index in [0.29, 0.717) is 13.0 Å². The second-order valence-corrected chi connectivity index (χ2v) is 4.30. The molecule has 0 saturated heterocycles. The number of nitriles is 1. The molecule has 4 heteroatoms. The van der Waals surface area contributed by atoms with Crippen molar-refractivity contribution in [1.82, 2.24) is 4.98 Å². The normalized spacial score (nSPS) is 17.1. The zero-order valence-corrected chi connectivity index (χ0v) is 9.70. The van der Waals surface area contributed by atoms with Crippen LogP contribution in [0.4, 0.5) is 0 Å². The van der Waals surface area contributed by atoms with Crippen LogP contribution < -0.4 is 4.74 Å². The lowest BCUT2D eigenvalue weighted by atomic mass is 10.0. The Kier molecular flexibility index (Phi) is 2.56. The van der Waals surface area contributed by atoms with Gasteiger partial charge in [0.2, 0.25) is 5.79 Å². The molecule has 0 unspecified atom stereocenters. The number of rotatable bonds is 1. The topological polar surface area (TPSA) is 55.1 Å². The van der Waals surface area contributed by atoms with Gasteiger partial charge in [0.05, 0.1) is 24.8 Å². The number of ether oxygens (including phenoxy) is 2. The molecular formula is C12H14N2O2. The molecule has 2 rings (SSSR count). The number of fused-ring (bicyclic) bond motifs is 1. The predicted molar refractivity (Wildman–Crippen MR) is 57.8 cm³/mol. The molecular weight excluding hydrogens is 204 g/mol. The molecule has 4 nitrogen and oxygen atoms in total. The quantitative estimate of drug-likeness (QED) is 0.724. The van der Waals surface area contributed by atoms with Crippen molar-refractivity contribution in [2.75, 3.05) is 0 Å². The van der Waals surface area contributed by atoms with E-state index in [1.54, 1.807) is 6.20 Å². The van der Waals surface area contributed by atoms with Crippen molar-refractivity contribution < 1.29 is 9.47 Å². The van der Waals surface area contributed by atoms with Gasteiger partial charge in [-0.2, -0.15) is 5.26 Å². The minimum atomic E-state index is -0.620. The first-order valence-corrected chi connectivity index (χ1v) is 5.21. The number of hydrogen-bond donors (Lipinski definition) is 0. The van der Waals surface area contributed by atoms with Gasteiger partial charge in [-0.1, -0.05) is 0 Å². The highest BCUT2D eigenvalue weighted by Gasteiger charge is 2.30. The van der Waals surface area contributed by atoms with E-state index in [2.05, 4.69) is 11.1 Å². The smallest absolute Gasteiger partial charge is 0.205 e. The van der Waals surface area contributed by atoms with E-state index in [9.17, 15) is 0 Å². The van der Waals surface area contributed by atoms with Gasteiger partial charge in [0.1, 0.15) is 5.75 Å². The highest BCUT2D eigenvalue weighted by atomic mass is 16.7. The monoisotopic (exact) mass is 218 g/mol. The van der Waals surface area contributed by atoms with Gasteiger partial charge in [-0.25, -0.2) is 0 Å². The number of hydrogen-bond acceptors (Lipinski definition) is 4. The Labute approximate surface area is 94.8 Å². The van der Waals surface area contributed by atoms with E-state index in [0.717, 1.165) is 22.6 Å². The van der Waals surface area contributed by atoms with Crippen LogP contribution in [0.15, 0.2) is 6.20 Å². The Bertz CT molecular complexity index is 461. The van der Waals surface area contributed by atoms with Crippen LogP contribution in [0.5, 0.6) is 5.75 Å². The molecule has 0 radical (unpaired) electrons. The Hall–Kier alpha value is -1.60. The molecule has 1 aliphatic heterocycles. The van der Waals surface area contributed by atoms with Crippen molar-refractivity contribution in [2.24, 2.45) is 0 Å². The van der Waals surface area contributed by atoms with Crippen molar-refractivity contribution in [3.8, 4) is 11.8 Å². The van der Waals surface area contributed by atoms with E-state index in [4.69, 9.17) is 14.7 Å². The van der Waals surface area contributed by atoms with Crippen molar-refractivity contribution in [1.29, 1.82) is 5.26 Å². The van der Waals surface area contributed by atoms with E-state index in [1.807, 2.05) is 20.8 Å². The first-order valence-electron chi connectivity index (χ1n) is 5.21. The Morgan fingerprint density at radius 1 is 1.56 bits per heavy atom. The summed E-state index contributed by atoms with van der Waals surface area (Å²) in [5.74, 6) is 0.147. The summed E-state index contributed by atoms with van der Waals surface area (Å²) in [5.41, 5.74) is 2.68. The predicted octanol–water partition coefficient (Wildman–Crippen LogP) is 2.10. The fourth-order valence-corrected chi connectivity index (χ4v) is 1.73. The maximum atomic E-state index is 8.73. The van der Waals surface area contributed by atoms with Gasteiger partial charge < -0.3 is 9.47 Å². The molecule has 1 aliphatic rings. The summed E-state index contributed by atoms with van der Waals surface area (Å²) in [6, 6.07) is 2.12. The Balaban J connectivity index is 2.48. The van der Waals surface area contributed by atoms with Gasteiger partial charge in [-0.3, -0.25) is 4.98 Å². The number of aromatic nitrogens is 1. The molecule has 0 N–H and O–H groups in total. The third-order valence-corrected chi connectivity index (χ3v) is 2.59. The molecule has 1 aromatic heterocycles. The summed E-state index contributed by atoms with van der Waals surface area (Å²) in [5, 5.41) is 8.73. The van der Waals surface area contributed by atoms with E-state index >= 15 is 0 Å². The zero-order chi connectivity index (χ0) is 11.8. The summed E-state index contributed by atoms with van der Waals surface area (Å²) in [7, 11) is 0. The Morgan fingerprint density at radius 2 is 2.31 bits per heavy atom. The van der Waals surface area contributed by atoms with Crippen LogP contribution >= 0.6 is 0 Å². The van der Waals surface area contributed by atoms with E-state index in [1.165, 1.54) is 0 Å². The molecule has 0 saturated carbocycles. The third-order valence-electron chi connectivity index (χ3n) is 2.59. The highest BCUT2D eigenvalue weighted by Crippen LogP contribution is 2.35. The van der Waals surface area contributed by atoms with Gasteiger partial charge in [0, 0.05) is 25.6 Å². The lowest BCUT2D eigenvalue weighted by Crippen LogP contribution is -2.36. The van der Waals surface area contributed by atoms with Crippen LogP contribution in [-0.2, 0) is 17.8 Å². The maximum Gasteiger partial charge on any atom is 0.205 e. The second-order valence-electron chi connectivity index (χ2n) is 4.30. The van der Waals surface area contributed by atoms with Gasteiger partial charge in [0.15, 0.2) is 0 Å². The van der Waals surface area contributed by atoms with E-state index in [-0.39, 0.29) is 0 Å². The minimum Gasteiger partial charge on any atom is -0.461 e. The average molecular weight is 218 g/mol. The summed E-state index contributed by atoms with van der Waals surface area (Å²) in [6.45, 7) is 6.11. The molecule has 0 aliphatic carbocycles. The van der Waals surface area contributed by atoms with Crippen LogP contribution in [0.25, 0.3) is 0 Å². The molecule has 0 bridgehead atoms. The lowest BCUT2D eigenvalue weighted by molar-refractivity contribution is -0.180. The largest absolute Gasteiger partial charge is 0.461 e. The van der Waals surface area contributed by atoms with Gasteiger partial charge >= 0.3 is 0 Å². The molecule has 0 amide bonds. The van der Waals surface area contributed by atoms with Crippen LogP contribution in [0.3, 0.4) is 0 Å². The standard InChI is InChI=1S/C12H14N2O2/c1-8-11-10(7-15-12(2,3)16-11)9(4-5-13)6-14-8/h6H,4,7H2,1-3H3. The summed E-state index contributed by atoms with van der Waals surface area (Å²) in [4.78, 5) is 4.24. The van der Waals surface area contributed by atoms with Crippen LogP contribution in [0.2, 0.25) is 0 Å². The molecule has 2 heterocycles. The average Bonchev–Trinajstić information content (AvgIpc) is 2.22. The molecule has 16 heavy (non-hydrogen) atoms. The van der Waals surface area contributed by atoms with Gasteiger partial charge in [-0.05, 0) is 12.5 Å². The molecule has 0 fully saturated rings. The first-order chi connectivity index (χ1) is 7.53. The molecule has 0 spiro atoms. The minimum absolute atomic E-state index is 0.336. The number of nitrogens with zero attached hydrogens (tertiary/aromatic N) is 2. The number of aryl methyl sites for hydroxylation is 1.